The van der Waals surface area contributed by atoms with E-state index in [0.717, 1.165) is 12.1 Å². The smallest absolute Gasteiger partial charge is 0.395 e. The third-order valence-corrected chi connectivity index (χ3v) is 4.25. The molecule has 5 heteroatoms. The van der Waals surface area contributed by atoms with Gasteiger partial charge in [-0.2, -0.15) is 0 Å². The summed E-state index contributed by atoms with van der Waals surface area (Å²) in [5.41, 5.74) is 1.00. The Labute approximate surface area is 117 Å². The average Bonchev–Trinajstić information content (AvgIpc) is 2.65. The van der Waals surface area contributed by atoms with Gasteiger partial charge in [0.05, 0.1) is 0 Å². The summed E-state index contributed by atoms with van der Waals surface area (Å²) in [4.78, 5) is 0. The van der Waals surface area contributed by atoms with E-state index in [1.54, 1.807) is 12.1 Å². The van der Waals surface area contributed by atoms with Crippen LogP contribution in [0.1, 0.15) is 39.5 Å². The van der Waals surface area contributed by atoms with E-state index in [1.165, 1.54) is 25.3 Å². The molecule has 1 atom stereocenters. The first-order valence-corrected chi connectivity index (χ1v) is 7.02. The van der Waals surface area contributed by atoms with E-state index in [1.807, 2.05) is 0 Å². The Morgan fingerprint density at radius 1 is 1.15 bits per heavy atom. The quantitative estimate of drug-likeness (QED) is 0.873. The third kappa shape index (κ3) is 2.53. The van der Waals surface area contributed by atoms with Gasteiger partial charge in [0.25, 0.3) is 0 Å². The molecule has 1 N–H and O–H groups in total. The monoisotopic (exact) mass is 283 g/mol. The first kappa shape index (κ1) is 13.5. The van der Waals surface area contributed by atoms with Crippen LogP contribution in [-0.2, 0) is 0 Å². The summed E-state index contributed by atoms with van der Waals surface area (Å²) in [5.74, 6) is 0.178. The maximum Gasteiger partial charge on any atom is 0.586 e. The van der Waals surface area contributed by atoms with Crippen molar-refractivity contribution in [3.05, 3.63) is 18.2 Å². The van der Waals surface area contributed by atoms with Gasteiger partial charge < -0.3 is 14.8 Å². The molecule has 1 aromatic rings. The van der Waals surface area contributed by atoms with Crippen molar-refractivity contribution in [1.82, 2.24) is 0 Å². The normalized spacial score (nSPS) is 26.3. The molecule has 1 aliphatic heterocycles. The highest BCUT2D eigenvalue weighted by Gasteiger charge is 2.43. The summed E-state index contributed by atoms with van der Waals surface area (Å²) >= 11 is 0. The van der Waals surface area contributed by atoms with Crippen LogP contribution in [0.5, 0.6) is 11.5 Å². The Morgan fingerprint density at radius 3 is 2.65 bits per heavy atom. The maximum absolute atomic E-state index is 13.0. The molecule has 1 heterocycles. The number of ether oxygens (including phenoxy) is 2. The van der Waals surface area contributed by atoms with Crippen molar-refractivity contribution in [1.29, 1.82) is 0 Å². The molecule has 1 fully saturated rings. The summed E-state index contributed by atoms with van der Waals surface area (Å²) in [6.45, 7) is 4.48. The second-order valence-electron chi connectivity index (χ2n) is 6.26. The molecule has 3 nitrogen and oxygen atoms in total. The fourth-order valence-electron chi connectivity index (χ4n) is 3.00. The van der Waals surface area contributed by atoms with Gasteiger partial charge in [0.1, 0.15) is 0 Å². The van der Waals surface area contributed by atoms with Gasteiger partial charge in [-0.25, -0.2) is 0 Å². The van der Waals surface area contributed by atoms with E-state index in [9.17, 15) is 8.78 Å². The fourth-order valence-corrected chi connectivity index (χ4v) is 3.00. The summed E-state index contributed by atoms with van der Waals surface area (Å²) in [7, 11) is 0. The van der Waals surface area contributed by atoms with Gasteiger partial charge >= 0.3 is 6.29 Å². The zero-order valence-electron chi connectivity index (χ0n) is 11.7. The third-order valence-electron chi connectivity index (χ3n) is 4.25. The number of fused-ring (bicyclic) bond motifs is 1. The maximum atomic E-state index is 13.0. The van der Waals surface area contributed by atoms with Gasteiger partial charge in [0.15, 0.2) is 11.5 Å². The van der Waals surface area contributed by atoms with Crippen LogP contribution in [0.15, 0.2) is 18.2 Å². The minimum Gasteiger partial charge on any atom is -0.395 e. The van der Waals surface area contributed by atoms with Crippen molar-refractivity contribution < 1.29 is 18.3 Å². The molecule has 2 aliphatic rings. The summed E-state index contributed by atoms with van der Waals surface area (Å²) in [6.07, 6.45) is 1.16. The molecule has 1 aliphatic carbocycles. The van der Waals surface area contributed by atoms with Crippen molar-refractivity contribution in [2.45, 2.75) is 51.9 Å². The zero-order chi connectivity index (χ0) is 14.4. The van der Waals surface area contributed by atoms with E-state index in [0.29, 0.717) is 6.04 Å². The lowest BCUT2D eigenvalue weighted by Crippen LogP contribution is -2.38. The number of anilines is 1. The lowest BCUT2D eigenvalue weighted by molar-refractivity contribution is -0.286. The van der Waals surface area contributed by atoms with Gasteiger partial charge in [-0.3, -0.25) is 0 Å². The van der Waals surface area contributed by atoms with Gasteiger partial charge in [0.2, 0.25) is 0 Å². The minimum atomic E-state index is -3.55. The van der Waals surface area contributed by atoms with E-state index in [4.69, 9.17) is 0 Å². The second kappa shape index (κ2) is 4.50. The van der Waals surface area contributed by atoms with Crippen LogP contribution in [0.3, 0.4) is 0 Å². The van der Waals surface area contributed by atoms with Crippen molar-refractivity contribution in [3.63, 3.8) is 0 Å². The van der Waals surface area contributed by atoms with E-state index >= 15 is 0 Å². The molecule has 3 rings (SSSR count). The van der Waals surface area contributed by atoms with Crippen molar-refractivity contribution in [2.24, 2.45) is 5.41 Å². The number of benzene rings is 1. The van der Waals surface area contributed by atoms with E-state index in [-0.39, 0.29) is 16.9 Å². The highest BCUT2D eigenvalue weighted by molar-refractivity contribution is 5.56. The SMILES string of the molecule is CC1(C)CCCCC1Nc1ccc2c(c1)OC(F)(F)O2. The Morgan fingerprint density at radius 2 is 1.90 bits per heavy atom. The molecule has 20 heavy (non-hydrogen) atoms. The molecule has 0 saturated heterocycles. The first-order chi connectivity index (χ1) is 9.36. The highest BCUT2D eigenvalue weighted by atomic mass is 19.3. The van der Waals surface area contributed by atoms with E-state index in [2.05, 4.69) is 28.6 Å². The molecule has 0 amide bonds. The summed E-state index contributed by atoms with van der Waals surface area (Å²) in [5, 5.41) is 3.45. The predicted molar refractivity (Wildman–Crippen MR) is 72.3 cm³/mol. The van der Waals surface area contributed by atoms with Crippen LogP contribution in [-0.4, -0.2) is 12.3 Å². The van der Waals surface area contributed by atoms with Crippen LogP contribution in [0.4, 0.5) is 14.5 Å². The van der Waals surface area contributed by atoms with Crippen molar-refractivity contribution in [2.75, 3.05) is 5.32 Å². The molecule has 110 valence electrons. The van der Waals surface area contributed by atoms with Gasteiger partial charge in [-0.05, 0) is 30.4 Å². The molecule has 0 aromatic heterocycles. The molecule has 0 radical (unpaired) electrons. The van der Waals surface area contributed by atoms with Crippen LogP contribution in [0.2, 0.25) is 0 Å². The lowest BCUT2D eigenvalue weighted by Gasteiger charge is -2.39. The molecule has 1 aromatic carbocycles. The highest BCUT2D eigenvalue weighted by Crippen LogP contribution is 2.43. The molecular weight excluding hydrogens is 264 g/mol. The average molecular weight is 283 g/mol. The Kier molecular flexibility index (Phi) is 3.03. The predicted octanol–water partition coefficient (Wildman–Crippen LogP) is 4.39. The number of halogens is 2. The van der Waals surface area contributed by atoms with Crippen LogP contribution in [0, 0.1) is 5.41 Å². The van der Waals surface area contributed by atoms with Crippen LogP contribution >= 0.6 is 0 Å². The number of rotatable bonds is 2. The standard InChI is InChI=1S/C15H19F2NO2/c1-14(2)8-4-3-5-13(14)18-10-6-7-11-12(9-10)20-15(16,17)19-11/h6-7,9,13,18H,3-5,8H2,1-2H3. The Hall–Kier alpha value is -1.52. The topological polar surface area (TPSA) is 30.5 Å². The second-order valence-corrected chi connectivity index (χ2v) is 6.26. The Bertz CT molecular complexity index is 517. The number of hydrogen-bond donors (Lipinski definition) is 1. The molecular formula is C15H19F2NO2. The largest absolute Gasteiger partial charge is 0.586 e. The fraction of sp³-hybridized carbons (Fsp3) is 0.600. The van der Waals surface area contributed by atoms with Crippen LogP contribution in [0.25, 0.3) is 0 Å². The van der Waals surface area contributed by atoms with Gasteiger partial charge in [0, 0.05) is 17.8 Å². The van der Waals surface area contributed by atoms with Crippen LogP contribution < -0.4 is 14.8 Å². The molecule has 0 bridgehead atoms. The number of alkyl halides is 2. The van der Waals surface area contributed by atoms with Gasteiger partial charge in [-0.15, -0.1) is 8.78 Å². The summed E-state index contributed by atoms with van der Waals surface area (Å²) < 4.78 is 34.8. The molecule has 1 unspecified atom stereocenters. The Balaban J connectivity index is 1.76. The zero-order valence-corrected chi connectivity index (χ0v) is 11.7. The minimum absolute atomic E-state index is 0.0865. The molecule has 1 saturated carbocycles. The van der Waals surface area contributed by atoms with Crippen molar-refractivity contribution in [3.8, 4) is 11.5 Å². The van der Waals surface area contributed by atoms with Crippen molar-refractivity contribution >= 4 is 5.69 Å². The summed E-state index contributed by atoms with van der Waals surface area (Å²) in [6, 6.07) is 5.21. The lowest BCUT2D eigenvalue weighted by atomic mass is 9.73. The number of nitrogens with one attached hydrogen (secondary N) is 1. The van der Waals surface area contributed by atoms with Gasteiger partial charge in [-0.1, -0.05) is 26.7 Å². The molecule has 0 spiro atoms. The first-order valence-electron chi connectivity index (χ1n) is 7.02. The van der Waals surface area contributed by atoms with E-state index < -0.39 is 6.29 Å². The number of hydrogen-bond acceptors (Lipinski definition) is 3.